The summed E-state index contributed by atoms with van der Waals surface area (Å²) >= 11 is 0. The third-order valence-corrected chi connectivity index (χ3v) is 5.98. The largest absolute Gasteiger partial charge is 0.355 e. The van der Waals surface area contributed by atoms with Gasteiger partial charge in [0.25, 0.3) is 0 Å². The first-order valence-corrected chi connectivity index (χ1v) is 10.9. The molecule has 2 rings (SSSR count). The van der Waals surface area contributed by atoms with Crippen LogP contribution in [0.3, 0.4) is 0 Å². The molecule has 8 heteroatoms. The molecule has 1 aromatic rings. The van der Waals surface area contributed by atoms with Crippen molar-refractivity contribution in [2.75, 3.05) is 45.5 Å². The van der Waals surface area contributed by atoms with Gasteiger partial charge in [0.2, 0.25) is 10.0 Å². The molecule has 146 valence electrons. The van der Waals surface area contributed by atoms with E-state index in [1.165, 1.54) is 18.4 Å². The summed E-state index contributed by atoms with van der Waals surface area (Å²) in [6.07, 6.45) is 2.49. The highest BCUT2D eigenvalue weighted by Gasteiger charge is 2.23. The quantitative estimate of drug-likeness (QED) is 0.337. The standard InChI is InChI=1S/C18H31N5O2S/c1-3-26(24,25)22-12-11-20-18(19-2)21-15-17(23-13-7-8-14-23)16-9-5-4-6-10-16/h4-6,9-10,17,22H,3,7-8,11-15H2,1-2H3,(H2,19,20,21). The first kappa shape index (κ1) is 20.7. The van der Waals surface area contributed by atoms with Gasteiger partial charge in [-0.15, -0.1) is 0 Å². The molecule has 1 aromatic carbocycles. The van der Waals surface area contributed by atoms with E-state index in [0.717, 1.165) is 19.6 Å². The van der Waals surface area contributed by atoms with Crippen molar-refractivity contribution in [2.45, 2.75) is 25.8 Å². The molecule has 0 amide bonds. The van der Waals surface area contributed by atoms with E-state index in [0.29, 0.717) is 25.1 Å². The fourth-order valence-corrected chi connectivity index (χ4v) is 3.71. The van der Waals surface area contributed by atoms with E-state index < -0.39 is 10.0 Å². The van der Waals surface area contributed by atoms with Crippen LogP contribution in [0.2, 0.25) is 0 Å². The minimum atomic E-state index is -3.15. The molecular weight excluding hydrogens is 350 g/mol. The predicted molar refractivity (Wildman–Crippen MR) is 107 cm³/mol. The number of aliphatic imine (C=N–C) groups is 1. The Bertz CT molecular complexity index is 657. The fraction of sp³-hybridized carbons (Fsp3) is 0.611. The first-order chi connectivity index (χ1) is 12.6. The molecule has 26 heavy (non-hydrogen) atoms. The zero-order chi connectivity index (χ0) is 18.8. The molecule has 1 aliphatic rings. The third-order valence-electron chi connectivity index (χ3n) is 4.57. The van der Waals surface area contributed by atoms with Gasteiger partial charge in [0.15, 0.2) is 5.96 Å². The van der Waals surface area contributed by atoms with Gasteiger partial charge in [0.1, 0.15) is 0 Å². The number of likely N-dealkylation sites (tertiary alicyclic amines) is 1. The lowest BCUT2D eigenvalue weighted by atomic mass is 10.1. The zero-order valence-electron chi connectivity index (χ0n) is 15.7. The minimum Gasteiger partial charge on any atom is -0.355 e. The molecule has 0 saturated carbocycles. The summed E-state index contributed by atoms with van der Waals surface area (Å²) in [4.78, 5) is 6.74. The van der Waals surface area contributed by atoms with Gasteiger partial charge in [-0.2, -0.15) is 0 Å². The lowest BCUT2D eigenvalue weighted by Gasteiger charge is -2.29. The summed E-state index contributed by atoms with van der Waals surface area (Å²) in [5, 5.41) is 6.53. The van der Waals surface area contributed by atoms with Crippen molar-refractivity contribution >= 4 is 16.0 Å². The maximum Gasteiger partial charge on any atom is 0.211 e. The molecule has 0 spiro atoms. The van der Waals surface area contributed by atoms with E-state index in [4.69, 9.17) is 0 Å². The molecule has 0 aromatic heterocycles. The van der Waals surface area contributed by atoms with Gasteiger partial charge in [0, 0.05) is 26.7 Å². The maximum atomic E-state index is 11.4. The summed E-state index contributed by atoms with van der Waals surface area (Å²) in [5.74, 6) is 0.773. The number of hydrogen-bond acceptors (Lipinski definition) is 4. The molecule has 1 unspecified atom stereocenters. The molecule has 1 fully saturated rings. The number of nitrogens with one attached hydrogen (secondary N) is 3. The van der Waals surface area contributed by atoms with E-state index in [9.17, 15) is 8.42 Å². The average molecular weight is 382 g/mol. The van der Waals surface area contributed by atoms with E-state index >= 15 is 0 Å². The summed E-state index contributed by atoms with van der Waals surface area (Å²) in [7, 11) is -1.43. The Kier molecular flexibility index (Phi) is 8.34. The molecule has 0 radical (unpaired) electrons. The average Bonchev–Trinajstić information content (AvgIpc) is 3.19. The number of nitrogens with zero attached hydrogens (tertiary/aromatic N) is 2. The van der Waals surface area contributed by atoms with E-state index in [1.54, 1.807) is 14.0 Å². The summed E-state index contributed by atoms with van der Waals surface area (Å²) in [5.41, 5.74) is 1.30. The Hall–Kier alpha value is -1.64. The van der Waals surface area contributed by atoms with E-state index in [1.807, 2.05) is 6.07 Å². The highest BCUT2D eigenvalue weighted by atomic mass is 32.2. The van der Waals surface area contributed by atoms with E-state index in [2.05, 4.69) is 49.5 Å². The van der Waals surface area contributed by atoms with Crippen molar-refractivity contribution in [3.05, 3.63) is 35.9 Å². The van der Waals surface area contributed by atoms with Crippen molar-refractivity contribution in [3.63, 3.8) is 0 Å². The van der Waals surface area contributed by atoms with Crippen LogP contribution in [0, 0.1) is 0 Å². The Labute approximate surface area is 157 Å². The zero-order valence-corrected chi connectivity index (χ0v) is 16.6. The summed E-state index contributed by atoms with van der Waals surface area (Å²) in [6, 6.07) is 10.8. The molecule has 3 N–H and O–H groups in total. The molecule has 0 bridgehead atoms. The molecule has 1 aliphatic heterocycles. The van der Waals surface area contributed by atoms with Gasteiger partial charge in [-0.05, 0) is 38.4 Å². The van der Waals surface area contributed by atoms with Crippen LogP contribution in [-0.2, 0) is 10.0 Å². The van der Waals surface area contributed by atoms with Gasteiger partial charge in [-0.25, -0.2) is 13.1 Å². The van der Waals surface area contributed by atoms with Crippen LogP contribution in [0.25, 0.3) is 0 Å². The highest BCUT2D eigenvalue weighted by molar-refractivity contribution is 7.89. The molecule has 1 saturated heterocycles. The second kappa shape index (κ2) is 10.5. The Morgan fingerprint density at radius 3 is 2.46 bits per heavy atom. The Morgan fingerprint density at radius 1 is 1.15 bits per heavy atom. The molecule has 7 nitrogen and oxygen atoms in total. The SMILES string of the molecule is CCS(=O)(=O)NCCNC(=NC)NCC(c1ccccc1)N1CCCC1. The van der Waals surface area contributed by atoms with Gasteiger partial charge in [0.05, 0.1) is 11.8 Å². The summed E-state index contributed by atoms with van der Waals surface area (Å²) < 4.78 is 25.4. The fourth-order valence-electron chi connectivity index (χ4n) is 3.09. The van der Waals surface area contributed by atoms with Crippen molar-refractivity contribution < 1.29 is 8.42 Å². The number of sulfonamides is 1. The van der Waals surface area contributed by atoms with Crippen LogP contribution in [0.4, 0.5) is 0 Å². The van der Waals surface area contributed by atoms with Gasteiger partial charge < -0.3 is 10.6 Å². The maximum absolute atomic E-state index is 11.4. The smallest absolute Gasteiger partial charge is 0.211 e. The van der Waals surface area contributed by atoms with Crippen LogP contribution in [-0.4, -0.2) is 64.8 Å². The Balaban J connectivity index is 1.86. The first-order valence-electron chi connectivity index (χ1n) is 9.26. The van der Waals surface area contributed by atoms with Crippen molar-refractivity contribution in [1.82, 2.24) is 20.3 Å². The van der Waals surface area contributed by atoms with E-state index in [-0.39, 0.29) is 5.75 Å². The normalized spacial score (nSPS) is 17.2. The summed E-state index contributed by atoms with van der Waals surface area (Å²) in [6.45, 7) is 5.44. The van der Waals surface area contributed by atoms with Crippen LogP contribution in [0.1, 0.15) is 31.4 Å². The molecular formula is C18H31N5O2S. The molecule has 1 atom stereocenters. The lowest BCUT2D eigenvalue weighted by Crippen LogP contribution is -2.44. The number of benzene rings is 1. The number of rotatable bonds is 9. The molecule has 0 aliphatic carbocycles. The Morgan fingerprint density at radius 2 is 1.85 bits per heavy atom. The number of hydrogen-bond donors (Lipinski definition) is 3. The minimum absolute atomic E-state index is 0.0918. The lowest BCUT2D eigenvalue weighted by molar-refractivity contribution is 0.245. The highest BCUT2D eigenvalue weighted by Crippen LogP contribution is 2.24. The van der Waals surface area contributed by atoms with Crippen LogP contribution in [0.15, 0.2) is 35.3 Å². The second-order valence-electron chi connectivity index (χ2n) is 6.35. The van der Waals surface area contributed by atoms with Crippen molar-refractivity contribution in [2.24, 2.45) is 4.99 Å². The van der Waals surface area contributed by atoms with Crippen LogP contribution in [0.5, 0.6) is 0 Å². The predicted octanol–water partition coefficient (Wildman–Crippen LogP) is 0.928. The van der Waals surface area contributed by atoms with Crippen molar-refractivity contribution in [1.29, 1.82) is 0 Å². The third kappa shape index (κ3) is 6.59. The topological polar surface area (TPSA) is 85.8 Å². The van der Waals surface area contributed by atoms with Gasteiger partial charge >= 0.3 is 0 Å². The van der Waals surface area contributed by atoms with Gasteiger partial charge in [-0.1, -0.05) is 30.3 Å². The van der Waals surface area contributed by atoms with Crippen LogP contribution >= 0.6 is 0 Å². The number of guanidine groups is 1. The monoisotopic (exact) mass is 381 g/mol. The second-order valence-corrected chi connectivity index (χ2v) is 8.44. The van der Waals surface area contributed by atoms with Gasteiger partial charge in [-0.3, -0.25) is 9.89 Å². The van der Waals surface area contributed by atoms with Crippen molar-refractivity contribution in [3.8, 4) is 0 Å². The molecule has 1 heterocycles. The van der Waals surface area contributed by atoms with Crippen LogP contribution < -0.4 is 15.4 Å².